The van der Waals surface area contributed by atoms with Crippen LogP contribution in [0.25, 0.3) is 0 Å². The Morgan fingerprint density at radius 2 is 2.05 bits per heavy atom. The van der Waals surface area contributed by atoms with Crippen LogP contribution < -0.4 is 5.32 Å². The van der Waals surface area contributed by atoms with Gasteiger partial charge in [-0.15, -0.1) is 0 Å². The molecule has 0 saturated carbocycles. The van der Waals surface area contributed by atoms with E-state index in [1.165, 1.54) is 5.56 Å². The highest BCUT2D eigenvalue weighted by Crippen LogP contribution is 2.20. The van der Waals surface area contributed by atoms with E-state index in [1.807, 2.05) is 31.2 Å². The number of nitrogens with one attached hydrogen (secondary N) is 1. The van der Waals surface area contributed by atoms with Crippen molar-refractivity contribution in [3.05, 3.63) is 35.4 Å². The molecule has 1 N–H and O–H groups in total. The number of carbonyl (C=O) groups excluding carboxylic acids is 2. The first kappa shape index (κ1) is 15.5. The van der Waals surface area contributed by atoms with Crippen LogP contribution in [-0.2, 0) is 16.1 Å². The topological polar surface area (TPSA) is 49.4 Å². The summed E-state index contributed by atoms with van der Waals surface area (Å²) in [6.45, 7) is 5.97. The van der Waals surface area contributed by atoms with E-state index in [1.54, 1.807) is 4.90 Å². The second kappa shape index (κ2) is 7.25. The fourth-order valence-electron chi connectivity index (χ4n) is 2.55. The SMILES string of the molecule is CCCCNC(=O)C1CC(=O)N(Cc2ccc(C)cc2)C1. The quantitative estimate of drug-likeness (QED) is 0.816. The zero-order valence-corrected chi connectivity index (χ0v) is 12.9. The molecule has 1 atom stereocenters. The first-order valence-corrected chi connectivity index (χ1v) is 7.71. The van der Waals surface area contributed by atoms with E-state index in [0.717, 1.165) is 18.4 Å². The standard InChI is InChI=1S/C17H24N2O2/c1-3-4-9-18-17(21)15-10-16(20)19(12-15)11-14-7-5-13(2)6-8-14/h5-8,15H,3-4,9-12H2,1-2H3,(H,18,21). The molecule has 0 aliphatic carbocycles. The number of carbonyl (C=O) groups is 2. The molecule has 1 heterocycles. The normalized spacial score (nSPS) is 18.1. The van der Waals surface area contributed by atoms with Crippen molar-refractivity contribution in [2.75, 3.05) is 13.1 Å². The van der Waals surface area contributed by atoms with Crippen LogP contribution in [0.15, 0.2) is 24.3 Å². The van der Waals surface area contributed by atoms with Crippen molar-refractivity contribution in [3.63, 3.8) is 0 Å². The fourth-order valence-corrected chi connectivity index (χ4v) is 2.55. The van der Waals surface area contributed by atoms with Gasteiger partial charge in [0.25, 0.3) is 0 Å². The third-order valence-electron chi connectivity index (χ3n) is 3.91. The summed E-state index contributed by atoms with van der Waals surface area (Å²) in [6, 6.07) is 8.17. The molecule has 1 aliphatic heterocycles. The Morgan fingerprint density at radius 1 is 1.33 bits per heavy atom. The number of hydrogen-bond donors (Lipinski definition) is 1. The lowest BCUT2D eigenvalue weighted by molar-refractivity contribution is -0.129. The van der Waals surface area contributed by atoms with Gasteiger partial charge in [0.1, 0.15) is 0 Å². The number of rotatable bonds is 6. The zero-order valence-electron chi connectivity index (χ0n) is 12.9. The van der Waals surface area contributed by atoms with Crippen molar-refractivity contribution in [2.24, 2.45) is 5.92 Å². The molecule has 2 rings (SSSR count). The lowest BCUT2D eigenvalue weighted by Gasteiger charge is -2.16. The number of aryl methyl sites for hydroxylation is 1. The highest BCUT2D eigenvalue weighted by Gasteiger charge is 2.33. The largest absolute Gasteiger partial charge is 0.356 e. The van der Waals surface area contributed by atoms with Crippen molar-refractivity contribution in [1.29, 1.82) is 0 Å². The lowest BCUT2D eigenvalue weighted by atomic mass is 10.1. The predicted octanol–water partition coefficient (Wildman–Crippen LogP) is 2.26. The summed E-state index contributed by atoms with van der Waals surface area (Å²) in [5, 5.41) is 2.92. The van der Waals surface area contributed by atoms with Crippen LogP contribution >= 0.6 is 0 Å². The van der Waals surface area contributed by atoms with Gasteiger partial charge in [0.05, 0.1) is 5.92 Å². The Hall–Kier alpha value is -1.84. The summed E-state index contributed by atoms with van der Waals surface area (Å²) < 4.78 is 0. The second-order valence-electron chi connectivity index (χ2n) is 5.81. The molecule has 4 heteroatoms. The zero-order chi connectivity index (χ0) is 15.2. The molecular formula is C17H24N2O2. The Kier molecular flexibility index (Phi) is 5.37. The van der Waals surface area contributed by atoms with Crippen LogP contribution in [0.5, 0.6) is 0 Å². The number of likely N-dealkylation sites (tertiary alicyclic amines) is 1. The van der Waals surface area contributed by atoms with Crippen LogP contribution in [0.2, 0.25) is 0 Å². The molecule has 1 aromatic carbocycles. The van der Waals surface area contributed by atoms with E-state index >= 15 is 0 Å². The first-order valence-electron chi connectivity index (χ1n) is 7.71. The van der Waals surface area contributed by atoms with Crippen LogP contribution in [0.3, 0.4) is 0 Å². The molecule has 4 nitrogen and oxygen atoms in total. The summed E-state index contributed by atoms with van der Waals surface area (Å²) in [7, 11) is 0. The minimum absolute atomic E-state index is 0.0169. The van der Waals surface area contributed by atoms with Gasteiger partial charge >= 0.3 is 0 Å². The molecule has 1 unspecified atom stereocenters. The van der Waals surface area contributed by atoms with E-state index in [0.29, 0.717) is 26.1 Å². The monoisotopic (exact) mass is 288 g/mol. The van der Waals surface area contributed by atoms with Gasteiger partial charge in [-0.05, 0) is 18.9 Å². The Bertz CT molecular complexity index is 496. The minimum atomic E-state index is -0.195. The highest BCUT2D eigenvalue weighted by molar-refractivity contribution is 5.89. The number of benzene rings is 1. The molecule has 114 valence electrons. The van der Waals surface area contributed by atoms with E-state index in [-0.39, 0.29) is 17.7 Å². The van der Waals surface area contributed by atoms with Gasteiger partial charge < -0.3 is 10.2 Å². The third-order valence-corrected chi connectivity index (χ3v) is 3.91. The van der Waals surface area contributed by atoms with Gasteiger partial charge in [-0.2, -0.15) is 0 Å². The van der Waals surface area contributed by atoms with E-state index < -0.39 is 0 Å². The summed E-state index contributed by atoms with van der Waals surface area (Å²) >= 11 is 0. The van der Waals surface area contributed by atoms with Crippen molar-refractivity contribution < 1.29 is 9.59 Å². The van der Waals surface area contributed by atoms with Crippen molar-refractivity contribution in [1.82, 2.24) is 10.2 Å². The molecule has 21 heavy (non-hydrogen) atoms. The number of nitrogens with zero attached hydrogens (tertiary/aromatic N) is 1. The van der Waals surface area contributed by atoms with Crippen molar-refractivity contribution in [2.45, 2.75) is 39.7 Å². The molecule has 1 saturated heterocycles. The van der Waals surface area contributed by atoms with Gasteiger partial charge in [0.2, 0.25) is 11.8 Å². The average molecular weight is 288 g/mol. The highest BCUT2D eigenvalue weighted by atomic mass is 16.2. The van der Waals surface area contributed by atoms with E-state index in [9.17, 15) is 9.59 Å². The maximum absolute atomic E-state index is 12.0. The van der Waals surface area contributed by atoms with E-state index in [4.69, 9.17) is 0 Å². The molecule has 1 aromatic rings. The maximum atomic E-state index is 12.0. The lowest BCUT2D eigenvalue weighted by Crippen LogP contribution is -2.33. The van der Waals surface area contributed by atoms with Crippen LogP contribution in [0, 0.1) is 12.8 Å². The molecule has 0 radical (unpaired) electrons. The van der Waals surface area contributed by atoms with Crippen LogP contribution in [0.1, 0.15) is 37.3 Å². The Balaban J connectivity index is 1.87. The van der Waals surface area contributed by atoms with Crippen molar-refractivity contribution >= 4 is 11.8 Å². The Morgan fingerprint density at radius 3 is 2.71 bits per heavy atom. The maximum Gasteiger partial charge on any atom is 0.225 e. The molecule has 0 bridgehead atoms. The van der Waals surface area contributed by atoms with Crippen LogP contribution in [-0.4, -0.2) is 29.8 Å². The summed E-state index contributed by atoms with van der Waals surface area (Å²) in [5.41, 5.74) is 2.32. The van der Waals surface area contributed by atoms with Gasteiger partial charge in [-0.25, -0.2) is 0 Å². The van der Waals surface area contributed by atoms with Crippen molar-refractivity contribution in [3.8, 4) is 0 Å². The predicted molar refractivity (Wildman–Crippen MR) is 82.6 cm³/mol. The van der Waals surface area contributed by atoms with Gasteiger partial charge in [-0.3, -0.25) is 9.59 Å². The number of amides is 2. The average Bonchev–Trinajstić information content (AvgIpc) is 2.83. The third kappa shape index (κ3) is 4.31. The fraction of sp³-hybridized carbons (Fsp3) is 0.529. The number of unbranched alkanes of at least 4 members (excludes halogenated alkanes) is 1. The molecule has 0 aromatic heterocycles. The molecule has 0 spiro atoms. The number of hydrogen-bond acceptors (Lipinski definition) is 2. The van der Waals surface area contributed by atoms with Gasteiger partial charge in [0.15, 0.2) is 0 Å². The molecular weight excluding hydrogens is 264 g/mol. The summed E-state index contributed by atoms with van der Waals surface area (Å²) in [6.07, 6.45) is 2.38. The smallest absolute Gasteiger partial charge is 0.225 e. The van der Waals surface area contributed by atoms with E-state index in [2.05, 4.69) is 12.2 Å². The van der Waals surface area contributed by atoms with Crippen LogP contribution in [0.4, 0.5) is 0 Å². The van der Waals surface area contributed by atoms with Gasteiger partial charge in [0, 0.05) is 26.1 Å². The second-order valence-corrected chi connectivity index (χ2v) is 5.81. The Labute approximate surface area is 126 Å². The summed E-state index contributed by atoms with van der Waals surface area (Å²) in [4.78, 5) is 25.8. The molecule has 1 fully saturated rings. The minimum Gasteiger partial charge on any atom is -0.356 e. The first-order chi connectivity index (χ1) is 10.1. The summed E-state index contributed by atoms with van der Waals surface area (Å²) in [5.74, 6) is -0.103. The molecule has 2 amide bonds. The van der Waals surface area contributed by atoms with Gasteiger partial charge in [-0.1, -0.05) is 43.2 Å². The molecule has 1 aliphatic rings.